The van der Waals surface area contributed by atoms with E-state index in [1.54, 1.807) is 0 Å². The molecule has 0 aromatic carbocycles. The fourth-order valence-electron chi connectivity index (χ4n) is 7.84. The number of nitriles is 1. The van der Waals surface area contributed by atoms with Gasteiger partial charge in [0.15, 0.2) is 0 Å². The van der Waals surface area contributed by atoms with Crippen LogP contribution in [-0.2, 0) is 14.0 Å². The topological polar surface area (TPSA) is 75.0 Å². The molecule has 55 heavy (non-hydrogen) atoms. The third kappa shape index (κ3) is 35.2. The normalized spacial score (nSPS) is 13.2. The molecule has 1 N–H and O–H groups in total. The molecule has 1 unspecified atom stereocenters. The minimum absolute atomic E-state index is 0.129. The summed E-state index contributed by atoms with van der Waals surface area (Å²) < 4.78 is 21.0. The molecule has 0 amide bonds. The summed E-state index contributed by atoms with van der Waals surface area (Å²) in [4.78, 5) is 11.8. The van der Waals surface area contributed by atoms with Crippen molar-refractivity contribution in [2.75, 3.05) is 32.6 Å². The Labute approximate surface area is 345 Å². The number of nitrogens with zero attached hydrogens (tertiary/aromatic N) is 2. The van der Waals surface area contributed by atoms with Gasteiger partial charge in [-0.15, -0.1) is 0 Å². The van der Waals surface area contributed by atoms with Gasteiger partial charge in [0, 0.05) is 0 Å². The standard InChI is InChI=1S/C48H97N2O4P/c1-7-9-11-13-15-17-19-21-22-23-24-25-26-27-28-29-31-33-35-37-41-52-44-48(45-54-55(51,43-39-40-49)50(46(3)4)47(5)6)53-42-38-36-34-32-30-20-18-16-14-12-10-8-2/h21-22,46-48,51,55H,7-20,23-39,41-45H2,1-6H3/b22-21-. The van der Waals surface area contributed by atoms with Crippen molar-refractivity contribution in [3.05, 3.63) is 12.2 Å². The summed E-state index contributed by atoms with van der Waals surface area (Å²) in [6, 6.07) is 2.48. The molecule has 328 valence electrons. The van der Waals surface area contributed by atoms with Crippen molar-refractivity contribution in [3.8, 4) is 6.07 Å². The Balaban J connectivity index is 4.34. The van der Waals surface area contributed by atoms with Crippen molar-refractivity contribution in [2.45, 2.75) is 259 Å². The molecule has 0 spiro atoms. The van der Waals surface area contributed by atoms with Crippen LogP contribution < -0.4 is 0 Å². The molecule has 0 saturated carbocycles. The van der Waals surface area contributed by atoms with Gasteiger partial charge in [-0.3, -0.25) is 0 Å². The first-order chi connectivity index (χ1) is 26.8. The average Bonchev–Trinajstić information content (AvgIpc) is 3.16. The van der Waals surface area contributed by atoms with E-state index in [0.717, 1.165) is 19.4 Å². The van der Waals surface area contributed by atoms with Crippen LogP contribution in [-0.4, -0.2) is 60.3 Å². The van der Waals surface area contributed by atoms with Gasteiger partial charge in [0.1, 0.15) is 0 Å². The van der Waals surface area contributed by atoms with E-state index in [2.05, 4.69) is 64.4 Å². The average molecular weight is 797 g/mol. The molecule has 0 aliphatic rings. The maximum absolute atomic E-state index is 11.8. The zero-order valence-electron chi connectivity index (χ0n) is 37.9. The number of unbranched alkanes of at least 4 members (excludes halogenated alkanes) is 27. The molecule has 0 fully saturated rings. The van der Waals surface area contributed by atoms with Crippen molar-refractivity contribution in [2.24, 2.45) is 0 Å². The van der Waals surface area contributed by atoms with Crippen molar-refractivity contribution in [1.82, 2.24) is 4.67 Å². The van der Waals surface area contributed by atoms with E-state index in [1.165, 1.54) is 180 Å². The Bertz CT molecular complexity index is 842. The smallest absolute Gasteiger partial charge is 0.0654 e. The van der Waals surface area contributed by atoms with Crippen molar-refractivity contribution < 1.29 is 18.9 Å². The molecule has 0 saturated heterocycles. The summed E-state index contributed by atoms with van der Waals surface area (Å²) in [5.41, 5.74) is 0. The van der Waals surface area contributed by atoms with Gasteiger partial charge in [-0.05, 0) is 25.7 Å². The van der Waals surface area contributed by atoms with E-state index in [1.807, 2.05) is 0 Å². The fraction of sp³-hybridized carbons (Fsp3) is 0.938. The summed E-state index contributed by atoms with van der Waals surface area (Å²) >= 11 is 0. The first-order valence-electron chi connectivity index (χ1n) is 24.2. The van der Waals surface area contributed by atoms with Crippen LogP contribution in [0.25, 0.3) is 0 Å². The summed E-state index contributed by atoms with van der Waals surface area (Å²) in [7, 11) is -3.30. The summed E-state index contributed by atoms with van der Waals surface area (Å²) in [6.07, 6.45) is 45.2. The second kappa shape index (κ2) is 41.6. The van der Waals surface area contributed by atoms with Crippen molar-refractivity contribution in [3.63, 3.8) is 0 Å². The number of hydrogen-bond acceptors (Lipinski definition) is 6. The number of allylic oxidation sites excluding steroid dienone is 2. The third-order valence-corrected chi connectivity index (χ3v) is 14.4. The van der Waals surface area contributed by atoms with Gasteiger partial charge in [-0.2, -0.15) is 0 Å². The fourth-order valence-corrected chi connectivity index (χ4v) is 10.9. The van der Waals surface area contributed by atoms with Gasteiger partial charge in [-0.25, -0.2) is 0 Å². The van der Waals surface area contributed by atoms with Crippen molar-refractivity contribution in [1.29, 1.82) is 5.26 Å². The molecule has 0 aliphatic heterocycles. The molecule has 6 nitrogen and oxygen atoms in total. The zero-order chi connectivity index (χ0) is 40.5. The third-order valence-electron chi connectivity index (χ3n) is 11.0. The van der Waals surface area contributed by atoms with Gasteiger partial charge in [0.25, 0.3) is 0 Å². The van der Waals surface area contributed by atoms with E-state index < -0.39 is 7.87 Å². The van der Waals surface area contributed by atoms with E-state index in [9.17, 15) is 10.2 Å². The van der Waals surface area contributed by atoms with Crippen LogP contribution in [0.4, 0.5) is 0 Å². The van der Waals surface area contributed by atoms with Crippen LogP contribution in [0, 0.1) is 11.3 Å². The molecule has 0 radical (unpaired) electrons. The van der Waals surface area contributed by atoms with E-state index in [0.29, 0.717) is 26.0 Å². The Morgan fingerprint density at radius 3 is 1.33 bits per heavy atom. The summed E-state index contributed by atoms with van der Waals surface area (Å²) in [5.74, 6) is 0. The number of rotatable bonds is 44. The summed E-state index contributed by atoms with van der Waals surface area (Å²) in [6.45, 7) is 15.2. The Morgan fingerprint density at radius 2 is 0.927 bits per heavy atom. The molecule has 0 rings (SSSR count). The predicted molar refractivity (Wildman–Crippen MR) is 243 cm³/mol. The quantitative estimate of drug-likeness (QED) is 0.0376. The second-order valence-corrected chi connectivity index (χ2v) is 19.9. The molecule has 0 aromatic rings. The van der Waals surface area contributed by atoms with Crippen LogP contribution in [0.5, 0.6) is 0 Å². The second-order valence-electron chi connectivity index (χ2n) is 17.1. The zero-order valence-corrected chi connectivity index (χ0v) is 38.9. The molecule has 0 bridgehead atoms. The first-order valence-corrected chi connectivity index (χ1v) is 26.2. The van der Waals surface area contributed by atoms with Gasteiger partial charge in [0.2, 0.25) is 0 Å². The Hall–Kier alpha value is -0.540. The van der Waals surface area contributed by atoms with Crippen molar-refractivity contribution >= 4 is 7.87 Å². The molecule has 7 heteroatoms. The first kappa shape index (κ1) is 54.5. The summed E-state index contributed by atoms with van der Waals surface area (Å²) in [5, 5.41) is 9.33. The minimum Gasteiger partial charge on any atom is -0.0654 e. The Morgan fingerprint density at radius 1 is 0.545 bits per heavy atom. The van der Waals surface area contributed by atoms with Crippen LogP contribution in [0.2, 0.25) is 0 Å². The molecule has 1 atom stereocenters. The van der Waals surface area contributed by atoms with Gasteiger partial charge in [0.05, 0.1) is 0 Å². The minimum atomic E-state index is -3.30. The van der Waals surface area contributed by atoms with Gasteiger partial charge >= 0.3 is 211 Å². The number of hydrogen-bond donors (Lipinski definition) is 1. The van der Waals surface area contributed by atoms with E-state index in [-0.39, 0.29) is 24.6 Å². The van der Waals surface area contributed by atoms with Crippen LogP contribution >= 0.6 is 7.87 Å². The maximum atomic E-state index is 11.8. The molecule has 0 aromatic heterocycles. The molecular weight excluding hydrogens is 700 g/mol. The van der Waals surface area contributed by atoms with Crippen LogP contribution in [0.1, 0.15) is 241 Å². The van der Waals surface area contributed by atoms with E-state index in [4.69, 9.17) is 14.0 Å². The van der Waals surface area contributed by atoms with Gasteiger partial charge < -0.3 is 0 Å². The predicted octanol–water partition coefficient (Wildman–Crippen LogP) is 15.2. The van der Waals surface area contributed by atoms with Crippen LogP contribution in [0.3, 0.4) is 0 Å². The molecular formula is C48H97N2O4P. The Kier molecular flexibility index (Phi) is 41.2. The van der Waals surface area contributed by atoms with Crippen LogP contribution in [0.15, 0.2) is 12.2 Å². The monoisotopic (exact) mass is 797 g/mol. The molecule has 0 heterocycles. The van der Waals surface area contributed by atoms with E-state index >= 15 is 0 Å². The number of ether oxygens (including phenoxy) is 2. The SMILES string of the molecule is CCCCCCCC/C=C\CCCCCCCCCCCCOCC(CO[PH](O)(CCC#N)N(C(C)C)C(C)C)OCCCCCCCCCCCCCC. The van der Waals surface area contributed by atoms with Gasteiger partial charge in [-0.1, -0.05) is 109 Å². The molecule has 0 aliphatic carbocycles.